The van der Waals surface area contributed by atoms with Crippen LogP contribution in [0.5, 0.6) is 0 Å². The van der Waals surface area contributed by atoms with Gasteiger partial charge < -0.3 is 4.90 Å². The third kappa shape index (κ3) is 7.34. The smallest absolute Gasteiger partial charge is 0.0467 e. The van der Waals surface area contributed by atoms with Crippen molar-refractivity contribution in [3.63, 3.8) is 0 Å². The summed E-state index contributed by atoms with van der Waals surface area (Å²) < 4.78 is 0. The van der Waals surface area contributed by atoms with Gasteiger partial charge >= 0.3 is 0 Å². The molecule has 0 unspecified atom stereocenters. The van der Waals surface area contributed by atoms with Crippen LogP contribution in [0.4, 0.5) is 17.1 Å². The van der Waals surface area contributed by atoms with Gasteiger partial charge in [-0.3, -0.25) is 0 Å². The summed E-state index contributed by atoms with van der Waals surface area (Å²) in [5.74, 6) is 0. The molecule has 0 amide bonds. The molecular weight excluding hydrogens is 615 g/mol. The Morgan fingerprint density at radius 3 is 0.961 bits per heavy atom. The maximum atomic E-state index is 2.34. The monoisotopic (exact) mass is 651 g/mol. The molecule has 0 bridgehead atoms. The van der Waals surface area contributed by atoms with E-state index in [-0.39, 0.29) is 0 Å². The molecule has 0 fully saturated rings. The number of hydrogen-bond acceptors (Lipinski definition) is 1. The Morgan fingerprint density at radius 1 is 0.235 bits per heavy atom. The molecule has 8 aromatic carbocycles. The number of nitrogens with zero attached hydrogens (tertiary/aromatic N) is 1. The molecule has 0 saturated heterocycles. The molecule has 0 spiro atoms. The van der Waals surface area contributed by atoms with Crippen molar-refractivity contribution in [2.45, 2.75) is 0 Å². The van der Waals surface area contributed by atoms with Crippen LogP contribution in [0.15, 0.2) is 212 Å². The van der Waals surface area contributed by atoms with E-state index in [1.807, 2.05) is 6.07 Å². The quantitative estimate of drug-likeness (QED) is 0.140. The summed E-state index contributed by atoms with van der Waals surface area (Å²) in [7, 11) is 0. The van der Waals surface area contributed by atoms with Gasteiger partial charge in [0.25, 0.3) is 0 Å². The predicted octanol–water partition coefficient (Wildman–Crippen LogP) is 14.0. The van der Waals surface area contributed by atoms with Crippen molar-refractivity contribution in [2.24, 2.45) is 0 Å². The topological polar surface area (TPSA) is 3.24 Å². The van der Waals surface area contributed by atoms with E-state index >= 15 is 0 Å². The van der Waals surface area contributed by atoms with E-state index in [1.165, 1.54) is 50.1 Å². The third-order valence-electron chi connectivity index (χ3n) is 9.30. The molecule has 242 valence electrons. The summed E-state index contributed by atoms with van der Waals surface area (Å²) in [5, 5.41) is 0. The van der Waals surface area contributed by atoms with Crippen LogP contribution in [0.25, 0.3) is 56.7 Å². The zero-order valence-corrected chi connectivity index (χ0v) is 28.3. The van der Waals surface area contributed by atoms with Gasteiger partial charge in [0.05, 0.1) is 0 Å². The molecule has 0 N–H and O–H groups in total. The minimum absolute atomic E-state index is 1.10. The molecule has 0 heterocycles. The Kier molecular flexibility index (Phi) is 9.17. The number of rotatable bonds is 9. The van der Waals surface area contributed by atoms with Crippen LogP contribution in [0.2, 0.25) is 0 Å². The molecule has 1 heteroatoms. The Hall–Kier alpha value is -6.70. The molecule has 0 aliphatic heterocycles. The molecule has 0 radical (unpaired) electrons. The summed E-state index contributed by atoms with van der Waals surface area (Å²) in [6.45, 7) is 0. The first-order valence-corrected chi connectivity index (χ1v) is 17.4. The van der Waals surface area contributed by atoms with E-state index in [2.05, 4.69) is 223 Å². The van der Waals surface area contributed by atoms with Crippen molar-refractivity contribution in [2.75, 3.05) is 4.90 Å². The van der Waals surface area contributed by atoms with Gasteiger partial charge in [0, 0.05) is 17.1 Å². The minimum atomic E-state index is 1.10. The summed E-state index contributed by atoms with van der Waals surface area (Å²) in [6.07, 6.45) is 4.35. The van der Waals surface area contributed by atoms with Crippen molar-refractivity contribution in [1.29, 1.82) is 0 Å². The summed E-state index contributed by atoms with van der Waals surface area (Å²) in [6, 6.07) is 75.7. The first kappa shape index (κ1) is 31.6. The van der Waals surface area contributed by atoms with Gasteiger partial charge in [-0.15, -0.1) is 0 Å². The zero-order valence-electron chi connectivity index (χ0n) is 28.3. The first-order chi connectivity index (χ1) is 25.3. The second kappa shape index (κ2) is 14.8. The SMILES string of the molecule is C(=C\c1cccc(N(c2ccc(-c3ccc(-c4ccccc4)cc3)cc2)c2ccc(-c3ccc(-c4ccccc4)cc3)cc2)c1)/c1ccccc1. The van der Waals surface area contributed by atoms with Crippen LogP contribution in [-0.2, 0) is 0 Å². The van der Waals surface area contributed by atoms with E-state index < -0.39 is 0 Å². The Balaban J connectivity index is 1.11. The van der Waals surface area contributed by atoms with Gasteiger partial charge in [-0.2, -0.15) is 0 Å². The Labute approximate surface area is 301 Å². The van der Waals surface area contributed by atoms with Crippen LogP contribution in [0, 0.1) is 0 Å². The molecular formula is C50H37N. The third-order valence-corrected chi connectivity index (χ3v) is 9.30. The molecule has 8 aromatic rings. The van der Waals surface area contributed by atoms with E-state index in [0.29, 0.717) is 0 Å². The largest absolute Gasteiger partial charge is 0.310 e. The predicted molar refractivity (Wildman–Crippen MR) is 218 cm³/mol. The second-order valence-corrected chi connectivity index (χ2v) is 12.7. The van der Waals surface area contributed by atoms with E-state index in [0.717, 1.165) is 22.6 Å². The average molecular weight is 652 g/mol. The van der Waals surface area contributed by atoms with E-state index in [1.54, 1.807) is 0 Å². The maximum absolute atomic E-state index is 2.34. The Morgan fingerprint density at radius 2 is 0.549 bits per heavy atom. The molecule has 0 atom stereocenters. The highest BCUT2D eigenvalue weighted by atomic mass is 15.1. The lowest BCUT2D eigenvalue weighted by atomic mass is 9.99. The highest BCUT2D eigenvalue weighted by molar-refractivity contribution is 5.82. The highest BCUT2D eigenvalue weighted by Gasteiger charge is 2.14. The number of hydrogen-bond donors (Lipinski definition) is 0. The fourth-order valence-electron chi connectivity index (χ4n) is 6.55. The summed E-state index contributed by atoms with van der Waals surface area (Å²) >= 11 is 0. The highest BCUT2D eigenvalue weighted by Crippen LogP contribution is 2.38. The lowest BCUT2D eigenvalue weighted by molar-refractivity contribution is 1.28. The van der Waals surface area contributed by atoms with Gasteiger partial charge in [-0.05, 0) is 92.0 Å². The van der Waals surface area contributed by atoms with Crippen molar-refractivity contribution in [3.8, 4) is 44.5 Å². The van der Waals surface area contributed by atoms with Crippen LogP contribution < -0.4 is 4.90 Å². The van der Waals surface area contributed by atoms with E-state index in [4.69, 9.17) is 0 Å². The molecule has 0 aliphatic carbocycles. The second-order valence-electron chi connectivity index (χ2n) is 12.7. The maximum Gasteiger partial charge on any atom is 0.0467 e. The Bertz CT molecular complexity index is 2210. The molecule has 8 rings (SSSR count). The van der Waals surface area contributed by atoms with Gasteiger partial charge in [-0.1, -0.05) is 188 Å². The molecule has 0 aromatic heterocycles. The standard InChI is InChI=1S/C50H37N/c1-4-11-38(12-5-1)19-20-39-13-10-18-50(37-39)51(48-33-29-46(30-34-48)44-25-21-42(22-26-44)40-14-6-2-7-15-40)49-35-31-47(32-36-49)45-27-23-43(24-28-45)41-16-8-3-9-17-41/h1-37H/b20-19+. The van der Waals surface area contributed by atoms with Crippen LogP contribution >= 0.6 is 0 Å². The number of benzene rings is 8. The molecule has 0 aliphatic rings. The lowest BCUT2D eigenvalue weighted by Gasteiger charge is -2.26. The first-order valence-electron chi connectivity index (χ1n) is 17.4. The lowest BCUT2D eigenvalue weighted by Crippen LogP contribution is -2.10. The summed E-state index contributed by atoms with van der Waals surface area (Å²) in [4.78, 5) is 2.34. The van der Waals surface area contributed by atoms with E-state index in [9.17, 15) is 0 Å². The fourth-order valence-corrected chi connectivity index (χ4v) is 6.55. The van der Waals surface area contributed by atoms with Crippen LogP contribution in [0.1, 0.15) is 11.1 Å². The zero-order chi connectivity index (χ0) is 34.2. The molecule has 0 saturated carbocycles. The van der Waals surface area contributed by atoms with Gasteiger partial charge in [-0.25, -0.2) is 0 Å². The van der Waals surface area contributed by atoms with Crippen molar-refractivity contribution < 1.29 is 0 Å². The van der Waals surface area contributed by atoms with Gasteiger partial charge in [0.15, 0.2) is 0 Å². The van der Waals surface area contributed by atoms with Gasteiger partial charge in [0.1, 0.15) is 0 Å². The van der Waals surface area contributed by atoms with Crippen molar-refractivity contribution >= 4 is 29.2 Å². The normalized spacial score (nSPS) is 11.1. The minimum Gasteiger partial charge on any atom is -0.310 e. The fraction of sp³-hybridized carbons (Fsp3) is 0. The van der Waals surface area contributed by atoms with Gasteiger partial charge in [0.2, 0.25) is 0 Å². The van der Waals surface area contributed by atoms with Crippen molar-refractivity contribution in [3.05, 3.63) is 223 Å². The number of anilines is 3. The molecule has 51 heavy (non-hydrogen) atoms. The summed E-state index contributed by atoms with van der Waals surface area (Å²) in [5.41, 5.74) is 15.3. The van der Waals surface area contributed by atoms with Crippen molar-refractivity contribution in [1.82, 2.24) is 0 Å². The van der Waals surface area contributed by atoms with Crippen LogP contribution in [0.3, 0.4) is 0 Å². The average Bonchev–Trinajstić information content (AvgIpc) is 3.22. The van der Waals surface area contributed by atoms with Crippen LogP contribution in [-0.4, -0.2) is 0 Å². The molecule has 1 nitrogen and oxygen atoms in total.